The van der Waals surface area contributed by atoms with Crippen molar-refractivity contribution in [2.75, 3.05) is 44.2 Å². The molecule has 4 rings (SSSR count). The molecule has 158 valence electrons. The van der Waals surface area contributed by atoms with E-state index in [4.69, 9.17) is 4.42 Å². The Hall–Kier alpha value is -2.06. The van der Waals surface area contributed by atoms with Gasteiger partial charge in [-0.3, -0.25) is 9.80 Å². The second-order valence-corrected chi connectivity index (χ2v) is 7.92. The van der Waals surface area contributed by atoms with Crippen molar-refractivity contribution in [1.29, 1.82) is 0 Å². The van der Waals surface area contributed by atoms with Gasteiger partial charge < -0.3 is 9.32 Å². The monoisotopic (exact) mass is 408 g/mol. The van der Waals surface area contributed by atoms with E-state index in [0.29, 0.717) is 24.9 Å². The number of hydrogen-bond acceptors (Lipinski definition) is 5. The number of nitrogens with zero attached hydrogens (tertiary/aromatic N) is 4. The van der Waals surface area contributed by atoms with Gasteiger partial charge in [0.2, 0.25) is 0 Å². The molecule has 0 bridgehead atoms. The summed E-state index contributed by atoms with van der Waals surface area (Å²) >= 11 is 0. The first kappa shape index (κ1) is 20.2. The van der Waals surface area contributed by atoms with Gasteiger partial charge >= 0.3 is 6.18 Å². The summed E-state index contributed by atoms with van der Waals surface area (Å²) in [5.74, 6) is 2.38. The molecule has 0 amide bonds. The number of piperazine rings is 1. The number of likely N-dealkylation sites (tertiary alicyclic amines) is 1. The van der Waals surface area contributed by atoms with Crippen LogP contribution in [0.3, 0.4) is 0 Å². The Morgan fingerprint density at radius 3 is 2.34 bits per heavy atom. The molecule has 2 aliphatic rings. The van der Waals surface area contributed by atoms with Gasteiger partial charge in [-0.2, -0.15) is 13.2 Å². The number of hydrogen-bond donors (Lipinski definition) is 0. The Morgan fingerprint density at radius 2 is 1.72 bits per heavy atom. The highest BCUT2D eigenvalue weighted by molar-refractivity contribution is 5.40. The van der Waals surface area contributed by atoms with Crippen molar-refractivity contribution in [1.82, 2.24) is 14.8 Å². The van der Waals surface area contributed by atoms with Gasteiger partial charge in [0.05, 0.1) is 6.54 Å². The largest absolute Gasteiger partial charge is 0.465 e. The lowest BCUT2D eigenvalue weighted by atomic mass is 10.0. The number of pyridine rings is 1. The Labute approximate surface area is 169 Å². The summed E-state index contributed by atoms with van der Waals surface area (Å²) in [6, 6.07) is 8.72. The second kappa shape index (κ2) is 8.36. The maximum atomic E-state index is 12.9. The minimum absolute atomic E-state index is 0.419. The molecule has 0 aromatic carbocycles. The highest BCUT2D eigenvalue weighted by atomic mass is 19.4. The number of halogens is 3. The highest BCUT2D eigenvalue weighted by Gasteiger charge is 2.33. The van der Waals surface area contributed by atoms with Crippen LogP contribution >= 0.6 is 0 Å². The van der Waals surface area contributed by atoms with E-state index >= 15 is 0 Å². The lowest BCUT2D eigenvalue weighted by Crippen LogP contribution is -2.53. The van der Waals surface area contributed by atoms with Gasteiger partial charge in [-0.15, -0.1) is 0 Å². The normalized spacial score (nSPS) is 20.3. The van der Waals surface area contributed by atoms with Crippen molar-refractivity contribution in [2.45, 2.75) is 38.5 Å². The molecule has 2 aromatic heterocycles. The minimum atomic E-state index is -4.40. The number of anilines is 1. The van der Waals surface area contributed by atoms with E-state index in [1.165, 1.54) is 6.07 Å². The number of alkyl halides is 3. The lowest BCUT2D eigenvalue weighted by molar-refractivity contribution is -0.141. The molecule has 0 radical (unpaired) electrons. The van der Waals surface area contributed by atoms with Crippen LogP contribution in [0.2, 0.25) is 0 Å². The second-order valence-electron chi connectivity index (χ2n) is 7.92. The molecule has 2 fully saturated rings. The fourth-order valence-corrected chi connectivity index (χ4v) is 4.31. The van der Waals surface area contributed by atoms with Crippen molar-refractivity contribution in [3.63, 3.8) is 0 Å². The van der Waals surface area contributed by atoms with Gasteiger partial charge in [-0.1, -0.05) is 6.07 Å². The smallest absolute Gasteiger partial charge is 0.433 e. The molecule has 0 atom stereocenters. The van der Waals surface area contributed by atoms with Gasteiger partial charge in [0, 0.05) is 45.3 Å². The lowest BCUT2D eigenvalue weighted by Gasteiger charge is -2.43. The minimum Gasteiger partial charge on any atom is -0.465 e. The van der Waals surface area contributed by atoms with E-state index in [1.807, 2.05) is 24.0 Å². The Morgan fingerprint density at radius 1 is 1.00 bits per heavy atom. The molecule has 4 heterocycles. The summed E-state index contributed by atoms with van der Waals surface area (Å²) in [5, 5.41) is 0. The average Bonchev–Trinajstić information content (AvgIpc) is 3.13. The maximum absolute atomic E-state index is 12.9. The van der Waals surface area contributed by atoms with E-state index in [0.717, 1.165) is 63.2 Å². The summed E-state index contributed by atoms with van der Waals surface area (Å²) in [7, 11) is 0. The number of aromatic nitrogens is 1. The predicted octanol–water partition coefficient (Wildman–Crippen LogP) is 3.79. The number of furan rings is 1. The molecule has 2 aliphatic heterocycles. The molecule has 0 saturated carbocycles. The van der Waals surface area contributed by atoms with E-state index in [2.05, 4.69) is 14.8 Å². The quantitative estimate of drug-likeness (QED) is 0.769. The van der Waals surface area contributed by atoms with Crippen LogP contribution in [0.1, 0.15) is 30.1 Å². The standard InChI is InChI=1S/C21H27F3N4O/c1-16-5-6-18(29-16)15-26-9-7-17(8-10-26)27-11-13-28(14-12-27)20-4-2-3-19(25-20)21(22,23)24/h2-6,17H,7-15H2,1H3. The maximum Gasteiger partial charge on any atom is 0.433 e. The molecule has 8 heteroatoms. The van der Waals surface area contributed by atoms with E-state index in [9.17, 15) is 13.2 Å². The van der Waals surface area contributed by atoms with Crippen LogP contribution in [0.25, 0.3) is 0 Å². The van der Waals surface area contributed by atoms with Crippen molar-refractivity contribution >= 4 is 5.82 Å². The predicted molar refractivity (Wildman–Crippen MR) is 105 cm³/mol. The first-order valence-electron chi connectivity index (χ1n) is 10.2. The van der Waals surface area contributed by atoms with E-state index in [-0.39, 0.29) is 0 Å². The zero-order chi connectivity index (χ0) is 20.4. The van der Waals surface area contributed by atoms with Crippen LogP contribution in [0.4, 0.5) is 19.0 Å². The van der Waals surface area contributed by atoms with Crippen LogP contribution < -0.4 is 4.90 Å². The fourth-order valence-electron chi connectivity index (χ4n) is 4.31. The zero-order valence-electron chi connectivity index (χ0n) is 16.7. The van der Waals surface area contributed by atoms with Gasteiger partial charge in [-0.25, -0.2) is 4.98 Å². The van der Waals surface area contributed by atoms with Crippen LogP contribution in [0.5, 0.6) is 0 Å². The van der Waals surface area contributed by atoms with Crippen molar-refractivity contribution in [3.8, 4) is 0 Å². The summed E-state index contributed by atoms with van der Waals surface area (Å²) in [5.41, 5.74) is -0.823. The van der Waals surface area contributed by atoms with Gasteiger partial charge in [0.25, 0.3) is 0 Å². The third-order valence-electron chi connectivity index (χ3n) is 5.91. The molecule has 5 nitrogen and oxygen atoms in total. The number of piperidine rings is 1. The summed E-state index contributed by atoms with van der Waals surface area (Å²) in [4.78, 5) is 10.7. The first-order chi connectivity index (χ1) is 13.9. The molecular weight excluding hydrogens is 381 g/mol. The van der Waals surface area contributed by atoms with Crippen molar-refractivity contribution in [3.05, 3.63) is 47.5 Å². The zero-order valence-corrected chi connectivity index (χ0v) is 16.7. The van der Waals surface area contributed by atoms with Crippen molar-refractivity contribution in [2.24, 2.45) is 0 Å². The first-order valence-corrected chi connectivity index (χ1v) is 10.2. The molecular formula is C21H27F3N4O. The molecule has 0 unspecified atom stereocenters. The van der Waals surface area contributed by atoms with Crippen LogP contribution in [0.15, 0.2) is 34.7 Å². The Kier molecular flexibility index (Phi) is 5.83. The topological polar surface area (TPSA) is 35.8 Å². The Bertz CT molecular complexity index is 806. The average molecular weight is 408 g/mol. The third kappa shape index (κ3) is 4.93. The number of aryl methyl sites for hydroxylation is 1. The van der Waals surface area contributed by atoms with Crippen LogP contribution in [-0.2, 0) is 12.7 Å². The number of rotatable bonds is 4. The van der Waals surface area contributed by atoms with Gasteiger partial charge in [0.1, 0.15) is 23.0 Å². The van der Waals surface area contributed by atoms with E-state index < -0.39 is 11.9 Å². The van der Waals surface area contributed by atoms with Gasteiger partial charge in [0.15, 0.2) is 0 Å². The highest BCUT2D eigenvalue weighted by Crippen LogP contribution is 2.29. The molecule has 0 aliphatic carbocycles. The molecule has 2 aromatic rings. The molecule has 2 saturated heterocycles. The van der Waals surface area contributed by atoms with E-state index in [1.54, 1.807) is 6.07 Å². The summed E-state index contributed by atoms with van der Waals surface area (Å²) in [6.45, 7) is 8.04. The molecule has 0 N–H and O–H groups in total. The summed E-state index contributed by atoms with van der Waals surface area (Å²) < 4.78 is 44.4. The third-order valence-corrected chi connectivity index (χ3v) is 5.91. The molecule has 29 heavy (non-hydrogen) atoms. The Balaban J connectivity index is 1.26. The fraction of sp³-hybridized carbons (Fsp3) is 0.571. The van der Waals surface area contributed by atoms with Gasteiger partial charge in [-0.05, 0) is 44.0 Å². The molecule has 0 spiro atoms. The van der Waals surface area contributed by atoms with Crippen LogP contribution in [-0.4, -0.2) is 60.1 Å². The van der Waals surface area contributed by atoms with Crippen LogP contribution in [0, 0.1) is 6.92 Å². The van der Waals surface area contributed by atoms with Crippen molar-refractivity contribution < 1.29 is 17.6 Å². The SMILES string of the molecule is Cc1ccc(CN2CCC(N3CCN(c4cccc(C(F)(F)F)n4)CC3)CC2)o1. The summed E-state index contributed by atoms with van der Waals surface area (Å²) in [6.07, 6.45) is -2.18.